The molecule has 1 aliphatic rings. The average Bonchev–Trinajstić information content (AvgIpc) is 2.42. The predicted molar refractivity (Wildman–Crippen MR) is 78.0 cm³/mol. The van der Waals surface area contributed by atoms with Gasteiger partial charge in [-0.3, -0.25) is 4.90 Å². The second-order valence-corrected chi connectivity index (χ2v) is 5.92. The molecule has 18 heavy (non-hydrogen) atoms. The van der Waals surface area contributed by atoms with Gasteiger partial charge in [0, 0.05) is 17.1 Å². The molecule has 0 aromatic heterocycles. The molecule has 1 fully saturated rings. The number of hydrogen-bond donors (Lipinski definition) is 1. The largest absolute Gasteiger partial charge is 0.329 e. The van der Waals surface area contributed by atoms with E-state index in [2.05, 4.69) is 17.9 Å². The zero-order valence-corrected chi connectivity index (χ0v) is 11.9. The molecule has 100 valence electrons. The summed E-state index contributed by atoms with van der Waals surface area (Å²) in [5, 5.41) is 0.856. The van der Waals surface area contributed by atoms with E-state index in [1.165, 1.54) is 24.8 Å². The number of rotatable bonds is 4. The topological polar surface area (TPSA) is 29.3 Å². The minimum atomic E-state index is 0.0331. The molecule has 1 heterocycles. The van der Waals surface area contributed by atoms with Gasteiger partial charge in [0.2, 0.25) is 0 Å². The fraction of sp³-hybridized carbons (Fsp3) is 0.600. The molecule has 0 amide bonds. The Morgan fingerprint density at radius 2 is 1.89 bits per heavy atom. The number of hydrogen-bond acceptors (Lipinski definition) is 2. The zero-order chi connectivity index (χ0) is 13.0. The second-order valence-electron chi connectivity index (χ2n) is 5.52. The molecule has 2 rings (SSSR count). The van der Waals surface area contributed by atoms with Gasteiger partial charge in [-0.25, -0.2) is 0 Å². The molecule has 0 saturated carbocycles. The van der Waals surface area contributed by atoms with E-state index in [1.54, 1.807) is 0 Å². The van der Waals surface area contributed by atoms with Crippen LogP contribution < -0.4 is 5.73 Å². The van der Waals surface area contributed by atoms with Gasteiger partial charge in [-0.1, -0.05) is 36.2 Å². The molecule has 3 heteroatoms. The number of piperidine rings is 1. The molecule has 2 N–H and O–H groups in total. The van der Waals surface area contributed by atoms with E-state index in [0.717, 1.165) is 24.5 Å². The molecule has 1 aromatic rings. The number of nitrogens with two attached hydrogens (primary N) is 1. The van der Waals surface area contributed by atoms with Gasteiger partial charge in [0.05, 0.1) is 0 Å². The van der Waals surface area contributed by atoms with Crippen molar-refractivity contribution in [2.75, 3.05) is 19.6 Å². The van der Waals surface area contributed by atoms with E-state index < -0.39 is 0 Å². The Bertz CT molecular complexity index is 388. The summed E-state index contributed by atoms with van der Waals surface area (Å²) < 4.78 is 0. The van der Waals surface area contributed by atoms with Crippen LogP contribution in [0.1, 0.15) is 31.7 Å². The first-order chi connectivity index (χ1) is 8.65. The quantitative estimate of drug-likeness (QED) is 0.908. The van der Waals surface area contributed by atoms with Gasteiger partial charge < -0.3 is 5.73 Å². The number of benzene rings is 1. The van der Waals surface area contributed by atoms with Crippen molar-refractivity contribution in [1.29, 1.82) is 0 Å². The van der Waals surface area contributed by atoms with Gasteiger partial charge in [-0.2, -0.15) is 0 Å². The molecule has 1 atom stereocenters. The summed E-state index contributed by atoms with van der Waals surface area (Å²) in [6, 6.07) is 8.10. The van der Waals surface area contributed by atoms with Crippen molar-refractivity contribution in [1.82, 2.24) is 4.90 Å². The van der Waals surface area contributed by atoms with Crippen molar-refractivity contribution in [3.05, 3.63) is 34.9 Å². The second kappa shape index (κ2) is 6.05. The Morgan fingerprint density at radius 1 is 1.22 bits per heavy atom. The third-order valence-electron chi connectivity index (χ3n) is 4.09. The average molecular weight is 267 g/mol. The maximum Gasteiger partial charge on any atom is 0.0438 e. The fourth-order valence-electron chi connectivity index (χ4n) is 2.80. The van der Waals surface area contributed by atoms with Crippen molar-refractivity contribution >= 4 is 11.6 Å². The summed E-state index contributed by atoms with van der Waals surface area (Å²) in [6.07, 6.45) is 4.86. The summed E-state index contributed by atoms with van der Waals surface area (Å²) in [4.78, 5) is 2.54. The zero-order valence-electron chi connectivity index (χ0n) is 11.2. The summed E-state index contributed by atoms with van der Waals surface area (Å²) in [6.45, 7) is 5.27. The van der Waals surface area contributed by atoms with E-state index in [4.69, 9.17) is 17.3 Å². The third kappa shape index (κ3) is 3.05. The van der Waals surface area contributed by atoms with E-state index in [1.807, 2.05) is 18.2 Å². The maximum atomic E-state index is 6.27. The van der Waals surface area contributed by atoms with Crippen LogP contribution in [0.5, 0.6) is 0 Å². The van der Waals surface area contributed by atoms with E-state index in [-0.39, 0.29) is 5.54 Å². The first kappa shape index (κ1) is 13.9. The van der Waals surface area contributed by atoms with E-state index in [9.17, 15) is 0 Å². The minimum Gasteiger partial charge on any atom is -0.329 e. The van der Waals surface area contributed by atoms with Gasteiger partial charge in [-0.15, -0.1) is 0 Å². The van der Waals surface area contributed by atoms with Gasteiger partial charge in [0.1, 0.15) is 0 Å². The first-order valence-corrected chi connectivity index (χ1v) is 7.22. The van der Waals surface area contributed by atoms with Crippen LogP contribution in [-0.2, 0) is 6.42 Å². The highest BCUT2D eigenvalue weighted by Crippen LogP contribution is 2.27. The lowest BCUT2D eigenvalue weighted by Crippen LogP contribution is -2.54. The molecule has 0 aliphatic carbocycles. The molecule has 2 nitrogen and oxygen atoms in total. The minimum absolute atomic E-state index is 0.0331. The Hall–Kier alpha value is -0.570. The summed E-state index contributed by atoms with van der Waals surface area (Å²) in [7, 11) is 0. The summed E-state index contributed by atoms with van der Waals surface area (Å²) >= 11 is 6.27. The summed E-state index contributed by atoms with van der Waals surface area (Å²) in [5.41, 5.74) is 7.29. The predicted octanol–water partition coefficient (Wildman–Crippen LogP) is 3.09. The van der Waals surface area contributed by atoms with Gasteiger partial charge in [-0.05, 0) is 50.9 Å². The van der Waals surface area contributed by atoms with Crippen molar-refractivity contribution in [2.45, 2.75) is 38.1 Å². The Balaban J connectivity index is 2.14. The molecule has 1 aromatic carbocycles. The lowest BCUT2D eigenvalue weighted by molar-refractivity contribution is 0.0870. The lowest BCUT2D eigenvalue weighted by Gasteiger charge is -2.43. The van der Waals surface area contributed by atoms with Crippen LogP contribution in [0.2, 0.25) is 5.02 Å². The molecule has 0 radical (unpaired) electrons. The van der Waals surface area contributed by atoms with E-state index >= 15 is 0 Å². The number of halogens is 1. The molecular weight excluding hydrogens is 244 g/mol. The Morgan fingerprint density at radius 3 is 2.50 bits per heavy atom. The smallest absolute Gasteiger partial charge is 0.0438 e. The van der Waals surface area contributed by atoms with Gasteiger partial charge in [0.15, 0.2) is 0 Å². The monoisotopic (exact) mass is 266 g/mol. The SMILES string of the molecule is CC(CN)(Cc1ccccc1Cl)N1CCCCC1. The Labute approximate surface area is 115 Å². The third-order valence-corrected chi connectivity index (χ3v) is 4.46. The standard InChI is InChI=1S/C15H23ClN2/c1-15(12-17,18-9-5-2-6-10-18)11-13-7-3-4-8-14(13)16/h3-4,7-8H,2,5-6,9-12,17H2,1H3. The van der Waals surface area contributed by atoms with Crippen LogP contribution in [0.3, 0.4) is 0 Å². The van der Waals surface area contributed by atoms with Crippen LogP contribution in [0.25, 0.3) is 0 Å². The highest BCUT2D eigenvalue weighted by Gasteiger charge is 2.31. The van der Waals surface area contributed by atoms with Crippen LogP contribution in [0.4, 0.5) is 0 Å². The van der Waals surface area contributed by atoms with Crippen molar-refractivity contribution in [3.8, 4) is 0 Å². The molecule has 0 bridgehead atoms. The van der Waals surface area contributed by atoms with Crippen LogP contribution >= 0.6 is 11.6 Å². The van der Waals surface area contributed by atoms with Crippen LogP contribution in [0, 0.1) is 0 Å². The maximum absolute atomic E-state index is 6.27. The van der Waals surface area contributed by atoms with Crippen LogP contribution in [0.15, 0.2) is 24.3 Å². The number of likely N-dealkylation sites (tertiary alicyclic amines) is 1. The molecule has 0 spiro atoms. The van der Waals surface area contributed by atoms with Crippen molar-refractivity contribution < 1.29 is 0 Å². The summed E-state index contributed by atoms with van der Waals surface area (Å²) in [5.74, 6) is 0. The molecule has 1 aliphatic heterocycles. The van der Waals surface area contributed by atoms with Crippen molar-refractivity contribution in [2.24, 2.45) is 5.73 Å². The first-order valence-electron chi connectivity index (χ1n) is 6.84. The molecular formula is C15H23ClN2. The lowest BCUT2D eigenvalue weighted by atomic mass is 9.89. The Kier molecular flexibility index (Phi) is 4.66. The van der Waals surface area contributed by atoms with E-state index in [0.29, 0.717) is 6.54 Å². The number of nitrogens with zero attached hydrogens (tertiary/aromatic N) is 1. The normalized spacial score (nSPS) is 20.6. The fourth-order valence-corrected chi connectivity index (χ4v) is 3.00. The molecule has 1 unspecified atom stereocenters. The van der Waals surface area contributed by atoms with Gasteiger partial charge in [0.25, 0.3) is 0 Å². The highest BCUT2D eigenvalue weighted by atomic mass is 35.5. The highest BCUT2D eigenvalue weighted by molar-refractivity contribution is 6.31. The van der Waals surface area contributed by atoms with Crippen LogP contribution in [-0.4, -0.2) is 30.1 Å². The van der Waals surface area contributed by atoms with Crippen molar-refractivity contribution in [3.63, 3.8) is 0 Å². The van der Waals surface area contributed by atoms with Gasteiger partial charge >= 0.3 is 0 Å². The molecule has 1 saturated heterocycles.